The molecule has 2 aromatic rings. The van der Waals surface area contributed by atoms with Crippen LogP contribution in [0.25, 0.3) is 6.08 Å². The molecule has 1 heterocycles. The molecule has 19 heavy (non-hydrogen) atoms. The maximum atomic E-state index is 12.0. The molecule has 0 aliphatic carbocycles. The number of nitrogens with zero attached hydrogens (tertiary/aromatic N) is 1. The number of benzene rings is 1. The number of hydrogen-bond acceptors (Lipinski definition) is 5. The fraction of sp³-hybridized carbons (Fsp3) is 0.143. The molecule has 2 rings (SSSR count). The summed E-state index contributed by atoms with van der Waals surface area (Å²) in [6.45, 7) is 1.82. The van der Waals surface area contributed by atoms with Crippen LogP contribution in [0.2, 0.25) is 0 Å². The first-order chi connectivity index (χ1) is 9.10. The SMILES string of the molecule is CNc1nc(C)c(C(=O)/C=C/c2ccc(O)cc2)s1. The van der Waals surface area contributed by atoms with Crippen molar-refractivity contribution in [2.45, 2.75) is 6.92 Å². The van der Waals surface area contributed by atoms with E-state index in [1.165, 1.54) is 17.4 Å². The van der Waals surface area contributed by atoms with Crippen LogP contribution in [-0.2, 0) is 0 Å². The summed E-state index contributed by atoms with van der Waals surface area (Å²) in [7, 11) is 1.78. The van der Waals surface area contributed by atoms with Crippen molar-refractivity contribution in [2.24, 2.45) is 0 Å². The molecule has 0 atom stereocenters. The smallest absolute Gasteiger partial charge is 0.197 e. The highest BCUT2D eigenvalue weighted by Gasteiger charge is 2.11. The van der Waals surface area contributed by atoms with Crippen molar-refractivity contribution in [1.82, 2.24) is 4.98 Å². The average Bonchev–Trinajstić information content (AvgIpc) is 2.79. The highest BCUT2D eigenvalue weighted by molar-refractivity contribution is 7.17. The van der Waals surface area contributed by atoms with Gasteiger partial charge in [0, 0.05) is 7.05 Å². The first-order valence-corrected chi connectivity index (χ1v) is 6.58. The Morgan fingerprint density at radius 2 is 2.05 bits per heavy atom. The number of rotatable bonds is 4. The van der Waals surface area contributed by atoms with Crippen LogP contribution in [0.5, 0.6) is 5.75 Å². The molecule has 98 valence electrons. The zero-order valence-electron chi connectivity index (χ0n) is 10.7. The van der Waals surface area contributed by atoms with E-state index in [9.17, 15) is 9.90 Å². The number of anilines is 1. The fourth-order valence-electron chi connectivity index (χ4n) is 1.56. The molecule has 0 aliphatic heterocycles. The largest absolute Gasteiger partial charge is 0.508 e. The Morgan fingerprint density at radius 3 is 2.63 bits per heavy atom. The third-order valence-corrected chi connectivity index (χ3v) is 3.74. The maximum absolute atomic E-state index is 12.0. The number of phenols is 1. The van der Waals surface area contributed by atoms with Crippen LogP contribution in [0.1, 0.15) is 20.9 Å². The fourth-order valence-corrected chi connectivity index (χ4v) is 2.40. The standard InChI is InChI=1S/C14H14N2O2S/c1-9-13(19-14(15-2)16-9)12(18)8-5-10-3-6-11(17)7-4-10/h3-8,17H,1-2H3,(H,15,16)/b8-5+. The van der Waals surface area contributed by atoms with Crippen molar-refractivity contribution in [3.8, 4) is 5.75 Å². The second kappa shape index (κ2) is 5.67. The predicted molar refractivity (Wildman–Crippen MR) is 77.9 cm³/mol. The van der Waals surface area contributed by atoms with Gasteiger partial charge in [-0.15, -0.1) is 0 Å². The van der Waals surface area contributed by atoms with Gasteiger partial charge >= 0.3 is 0 Å². The molecule has 0 aliphatic rings. The summed E-state index contributed by atoms with van der Waals surface area (Å²) in [4.78, 5) is 16.9. The molecule has 0 bridgehead atoms. The molecule has 2 N–H and O–H groups in total. The Kier molecular flexibility index (Phi) is 3.97. The molecule has 0 unspecified atom stereocenters. The molecule has 0 fully saturated rings. The molecule has 5 heteroatoms. The van der Waals surface area contributed by atoms with Gasteiger partial charge in [-0.2, -0.15) is 0 Å². The molecule has 0 spiro atoms. The molecule has 1 aromatic heterocycles. The Hall–Kier alpha value is -2.14. The number of carbonyl (C=O) groups is 1. The quantitative estimate of drug-likeness (QED) is 0.664. The maximum Gasteiger partial charge on any atom is 0.197 e. The predicted octanol–water partition coefficient (Wildman–Crippen LogP) is 3.09. The third-order valence-electron chi connectivity index (χ3n) is 2.55. The van der Waals surface area contributed by atoms with E-state index in [2.05, 4.69) is 10.3 Å². The molecule has 0 amide bonds. The number of hydrogen-bond donors (Lipinski definition) is 2. The van der Waals surface area contributed by atoms with Crippen LogP contribution in [-0.4, -0.2) is 22.9 Å². The Labute approximate surface area is 115 Å². The van der Waals surface area contributed by atoms with Gasteiger partial charge in [-0.25, -0.2) is 4.98 Å². The summed E-state index contributed by atoms with van der Waals surface area (Å²) in [5.41, 5.74) is 1.59. The number of aryl methyl sites for hydroxylation is 1. The van der Waals surface area contributed by atoms with E-state index in [1.54, 1.807) is 37.4 Å². The lowest BCUT2D eigenvalue weighted by Gasteiger charge is -1.94. The van der Waals surface area contributed by atoms with Gasteiger partial charge in [0.1, 0.15) is 5.75 Å². The molecule has 4 nitrogen and oxygen atoms in total. The van der Waals surface area contributed by atoms with Crippen LogP contribution < -0.4 is 5.32 Å². The van der Waals surface area contributed by atoms with Crippen molar-refractivity contribution >= 4 is 28.3 Å². The van der Waals surface area contributed by atoms with Gasteiger partial charge in [0.2, 0.25) is 0 Å². The monoisotopic (exact) mass is 274 g/mol. The molecular weight excluding hydrogens is 260 g/mol. The number of allylic oxidation sites excluding steroid dienone is 1. The Bertz CT molecular complexity index is 615. The van der Waals surface area contributed by atoms with Gasteiger partial charge in [0.15, 0.2) is 10.9 Å². The number of phenolic OH excluding ortho intramolecular Hbond substituents is 1. The molecule has 0 radical (unpaired) electrons. The third kappa shape index (κ3) is 3.20. The van der Waals surface area contributed by atoms with Crippen molar-refractivity contribution in [3.05, 3.63) is 46.5 Å². The van der Waals surface area contributed by atoms with Gasteiger partial charge in [0.05, 0.1) is 10.6 Å². The lowest BCUT2D eigenvalue weighted by Crippen LogP contribution is -1.93. The molecule has 1 aromatic carbocycles. The Balaban J connectivity index is 2.16. The number of nitrogens with one attached hydrogen (secondary N) is 1. The minimum Gasteiger partial charge on any atom is -0.508 e. The first-order valence-electron chi connectivity index (χ1n) is 5.77. The number of aromatic nitrogens is 1. The summed E-state index contributed by atoms with van der Waals surface area (Å²) in [5.74, 6) is 0.144. The van der Waals surface area contributed by atoms with Gasteiger partial charge in [-0.1, -0.05) is 29.5 Å². The molecular formula is C14H14N2O2S. The van der Waals surface area contributed by atoms with Crippen molar-refractivity contribution in [2.75, 3.05) is 12.4 Å². The van der Waals surface area contributed by atoms with Gasteiger partial charge in [-0.3, -0.25) is 4.79 Å². The highest BCUT2D eigenvalue weighted by atomic mass is 32.1. The topological polar surface area (TPSA) is 62.2 Å². The average molecular weight is 274 g/mol. The van der Waals surface area contributed by atoms with E-state index >= 15 is 0 Å². The minimum atomic E-state index is -0.0652. The summed E-state index contributed by atoms with van der Waals surface area (Å²) in [5, 5.41) is 12.8. The number of ketones is 1. The van der Waals surface area contributed by atoms with E-state index in [0.29, 0.717) is 4.88 Å². The number of aromatic hydroxyl groups is 1. The number of thiazole rings is 1. The lowest BCUT2D eigenvalue weighted by atomic mass is 10.1. The second-order valence-electron chi connectivity index (χ2n) is 3.97. The van der Waals surface area contributed by atoms with Crippen LogP contribution in [0, 0.1) is 6.92 Å². The Morgan fingerprint density at radius 1 is 1.37 bits per heavy atom. The van der Waals surface area contributed by atoms with E-state index in [4.69, 9.17) is 0 Å². The minimum absolute atomic E-state index is 0.0652. The summed E-state index contributed by atoms with van der Waals surface area (Å²) >= 11 is 1.34. The number of carbonyl (C=O) groups excluding carboxylic acids is 1. The first kappa shape index (κ1) is 13.3. The van der Waals surface area contributed by atoms with E-state index in [0.717, 1.165) is 16.4 Å². The van der Waals surface area contributed by atoms with Crippen LogP contribution in [0.15, 0.2) is 30.3 Å². The van der Waals surface area contributed by atoms with Gasteiger partial charge in [0.25, 0.3) is 0 Å². The van der Waals surface area contributed by atoms with Crippen LogP contribution >= 0.6 is 11.3 Å². The summed E-state index contributed by atoms with van der Waals surface area (Å²) < 4.78 is 0. The van der Waals surface area contributed by atoms with Gasteiger partial charge in [-0.05, 0) is 30.7 Å². The van der Waals surface area contributed by atoms with Crippen molar-refractivity contribution in [1.29, 1.82) is 0 Å². The summed E-state index contributed by atoms with van der Waals surface area (Å²) in [6.07, 6.45) is 3.24. The van der Waals surface area contributed by atoms with Crippen molar-refractivity contribution < 1.29 is 9.90 Å². The second-order valence-corrected chi connectivity index (χ2v) is 4.97. The van der Waals surface area contributed by atoms with Crippen LogP contribution in [0.4, 0.5) is 5.13 Å². The van der Waals surface area contributed by atoms with Gasteiger partial charge < -0.3 is 10.4 Å². The van der Waals surface area contributed by atoms with Crippen molar-refractivity contribution in [3.63, 3.8) is 0 Å². The molecule has 0 saturated carbocycles. The highest BCUT2D eigenvalue weighted by Crippen LogP contribution is 2.23. The van der Waals surface area contributed by atoms with E-state index in [1.807, 2.05) is 6.92 Å². The zero-order chi connectivity index (χ0) is 13.8. The van der Waals surface area contributed by atoms with Crippen LogP contribution in [0.3, 0.4) is 0 Å². The summed E-state index contributed by atoms with van der Waals surface area (Å²) in [6, 6.07) is 6.66. The van der Waals surface area contributed by atoms with E-state index in [-0.39, 0.29) is 11.5 Å². The normalized spacial score (nSPS) is 10.8. The molecule has 0 saturated heterocycles. The zero-order valence-corrected chi connectivity index (χ0v) is 11.5. The lowest BCUT2D eigenvalue weighted by molar-refractivity contribution is 0.105. The van der Waals surface area contributed by atoms with E-state index < -0.39 is 0 Å².